The van der Waals surface area contributed by atoms with E-state index in [9.17, 15) is 9.59 Å². The van der Waals surface area contributed by atoms with E-state index in [1.165, 1.54) is 17.6 Å². The van der Waals surface area contributed by atoms with Crippen molar-refractivity contribution < 1.29 is 14.0 Å². The Kier molecular flexibility index (Phi) is 6.16. The maximum absolute atomic E-state index is 12.9. The van der Waals surface area contributed by atoms with Crippen LogP contribution < -0.4 is 0 Å². The van der Waals surface area contributed by atoms with Crippen molar-refractivity contribution in [2.75, 3.05) is 19.6 Å². The highest BCUT2D eigenvalue weighted by molar-refractivity contribution is 7.16. The Bertz CT molecular complexity index is 764. The normalized spacial score (nSPS) is 15.0. The summed E-state index contributed by atoms with van der Waals surface area (Å²) >= 11 is 7.47. The van der Waals surface area contributed by atoms with Crippen molar-refractivity contribution in [1.29, 1.82) is 0 Å². The Balaban J connectivity index is 1.58. The second kappa shape index (κ2) is 8.56. The molecule has 0 unspecified atom stereocenters. The number of nitrogens with zero attached hydrogens (tertiary/aromatic N) is 2. The van der Waals surface area contributed by atoms with Crippen LogP contribution in [0.3, 0.4) is 0 Å². The molecule has 0 radical (unpaired) electrons. The molecule has 0 aromatic carbocycles. The third-order valence-corrected chi connectivity index (χ3v) is 5.72. The lowest BCUT2D eigenvalue weighted by Gasteiger charge is -2.33. The van der Waals surface area contributed by atoms with Crippen LogP contribution in [0.25, 0.3) is 0 Å². The number of hydrogen-bond donors (Lipinski definition) is 0. The van der Waals surface area contributed by atoms with Gasteiger partial charge in [0.1, 0.15) is 0 Å². The zero-order valence-corrected chi connectivity index (χ0v) is 16.0. The number of carbonyl (C=O) groups is 2. The Morgan fingerprint density at radius 1 is 1.35 bits per heavy atom. The fourth-order valence-corrected chi connectivity index (χ4v) is 4.26. The second-order valence-corrected chi connectivity index (χ2v) is 8.06. The van der Waals surface area contributed by atoms with Gasteiger partial charge in [0.25, 0.3) is 5.91 Å². The van der Waals surface area contributed by atoms with Gasteiger partial charge in [-0.15, -0.1) is 17.9 Å². The molecule has 1 aliphatic rings. The molecule has 1 saturated heterocycles. The molecule has 3 heterocycles. The summed E-state index contributed by atoms with van der Waals surface area (Å²) in [5.41, 5.74) is 0. The molecule has 0 bridgehead atoms. The number of halogens is 1. The van der Waals surface area contributed by atoms with E-state index < -0.39 is 0 Å². The summed E-state index contributed by atoms with van der Waals surface area (Å²) in [6, 6.07) is 7.16. The maximum Gasteiger partial charge on any atom is 0.289 e. The Labute approximate surface area is 161 Å². The number of likely N-dealkylation sites (tertiary alicyclic amines) is 1. The molecule has 1 fully saturated rings. The van der Waals surface area contributed by atoms with Crippen LogP contribution in [0, 0.1) is 5.92 Å². The van der Waals surface area contributed by atoms with E-state index in [4.69, 9.17) is 16.0 Å². The minimum Gasteiger partial charge on any atom is -0.459 e. The van der Waals surface area contributed by atoms with Crippen LogP contribution in [0.1, 0.15) is 28.3 Å². The van der Waals surface area contributed by atoms with Gasteiger partial charge < -0.3 is 14.2 Å². The van der Waals surface area contributed by atoms with Crippen LogP contribution in [0.2, 0.25) is 4.34 Å². The fourth-order valence-electron chi connectivity index (χ4n) is 3.16. The van der Waals surface area contributed by atoms with Crippen molar-refractivity contribution in [3.63, 3.8) is 0 Å². The van der Waals surface area contributed by atoms with Crippen molar-refractivity contribution >= 4 is 34.8 Å². The average Bonchev–Trinajstić information content (AvgIpc) is 3.32. The van der Waals surface area contributed by atoms with Crippen LogP contribution in [0.4, 0.5) is 0 Å². The fraction of sp³-hybridized carbons (Fsp3) is 0.368. The first-order valence-electron chi connectivity index (χ1n) is 8.55. The van der Waals surface area contributed by atoms with Gasteiger partial charge in [-0.1, -0.05) is 17.7 Å². The minimum absolute atomic E-state index is 0.0777. The van der Waals surface area contributed by atoms with Gasteiger partial charge >= 0.3 is 0 Å². The van der Waals surface area contributed by atoms with Crippen molar-refractivity contribution in [2.45, 2.75) is 19.4 Å². The van der Waals surface area contributed by atoms with Gasteiger partial charge in [0, 0.05) is 30.4 Å². The molecule has 5 nitrogen and oxygen atoms in total. The highest BCUT2D eigenvalue weighted by Gasteiger charge is 2.31. The lowest BCUT2D eigenvalue weighted by molar-refractivity contribution is -0.137. The predicted molar refractivity (Wildman–Crippen MR) is 102 cm³/mol. The number of amides is 2. The molecule has 3 rings (SSSR count). The molecule has 0 N–H and O–H groups in total. The molecule has 138 valence electrons. The average molecular weight is 393 g/mol. The first kappa shape index (κ1) is 18.7. The van der Waals surface area contributed by atoms with Gasteiger partial charge in [0.05, 0.1) is 17.1 Å². The molecular formula is C19H21ClN2O3S. The quantitative estimate of drug-likeness (QED) is 0.696. The number of rotatable bonds is 6. The van der Waals surface area contributed by atoms with E-state index in [-0.39, 0.29) is 17.7 Å². The zero-order valence-electron chi connectivity index (χ0n) is 14.4. The lowest BCUT2D eigenvalue weighted by Crippen LogP contribution is -2.44. The van der Waals surface area contributed by atoms with E-state index in [0.29, 0.717) is 44.8 Å². The van der Waals surface area contributed by atoms with E-state index in [1.54, 1.807) is 23.1 Å². The third kappa shape index (κ3) is 4.37. The van der Waals surface area contributed by atoms with Gasteiger partial charge in [-0.25, -0.2) is 0 Å². The van der Waals surface area contributed by atoms with Crippen molar-refractivity contribution in [1.82, 2.24) is 9.80 Å². The molecule has 0 saturated carbocycles. The van der Waals surface area contributed by atoms with Gasteiger partial charge in [-0.3, -0.25) is 9.59 Å². The summed E-state index contributed by atoms with van der Waals surface area (Å²) in [5.74, 6) is 0.264. The molecule has 2 aromatic rings. The first-order valence-corrected chi connectivity index (χ1v) is 9.74. The number of hydrogen-bond acceptors (Lipinski definition) is 4. The van der Waals surface area contributed by atoms with Gasteiger partial charge in [-0.05, 0) is 37.1 Å². The monoisotopic (exact) mass is 392 g/mol. The maximum atomic E-state index is 12.9. The SMILES string of the molecule is C=CCN(Cc1ccc(Cl)s1)C(=O)C1CCN(C(=O)c2ccco2)CC1. The molecule has 26 heavy (non-hydrogen) atoms. The summed E-state index contributed by atoms with van der Waals surface area (Å²) in [4.78, 5) is 29.9. The van der Waals surface area contributed by atoms with Crippen LogP contribution in [0.5, 0.6) is 0 Å². The summed E-state index contributed by atoms with van der Waals surface area (Å²) < 4.78 is 5.89. The molecule has 0 atom stereocenters. The molecule has 1 aliphatic heterocycles. The predicted octanol–water partition coefficient (Wildman–Crippen LogP) is 4.06. The summed E-state index contributed by atoms with van der Waals surface area (Å²) in [6.07, 6.45) is 4.55. The molecule has 2 amide bonds. The second-order valence-electron chi connectivity index (χ2n) is 6.26. The highest BCUT2D eigenvalue weighted by Crippen LogP contribution is 2.25. The largest absolute Gasteiger partial charge is 0.459 e. The van der Waals surface area contributed by atoms with Crippen LogP contribution in [-0.2, 0) is 11.3 Å². The molecule has 7 heteroatoms. The van der Waals surface area contributed by atoms with E-state index in [0.717, 1.165) is 9.21 Å². The minimum atomic E-state index is -0.114. The van der Waals surface area contributed by atoms with Crippen LogP contribution in [-0.4, -0.2) is 41.2 Å². The van der Waals surface area contributed by atoms with Gasteiger partial charge in [0.15, 0.2) is 5.76 Å². The number of furan rings is 1. The van der Waals surface area contributed by atoms with Gasteiger partial charge in [0.2, 0.25) is 5.91 Å². The molecule has 2 aromatic heterocycles. The third-order valence-electron chi connectivity index (χ3n) is 4.50. The van der Waals surface area contributed by atoms with Crippen molar-refractivity contribution in [2.24, 2.45) is 5.92 Å². The number of piperidine rings is 1. The summed E-state index contributed by atoms with van der Waals surface area (Å²) in [5, 5.41) is 0. The van der Waals surface area contributed by atoms with Crippen molar-refractivity contribution in [3.05, 3.63) is 58.2 Å². The number of thiophene rings is 1. The molecular weight excluding hydrogens is 372 g/mol. The number of carbonyl (C=O) groups excluding carboxylic acids is 2. The first-order chi connectivity index (χ1) is 12.6. The Morgan fingerprint density at radius 3 is 2.69 bits per heavy atom. The highest BCUT2D eigenvalue weighted by atomic mass is 35.5. The summed E-state index contributed by atoms with van der Waals surface area (Å²) in [7, 11) is 0. The van der Waals surface area contributed by atoms with Crippen molar-refractivity contribution in [3.8, 4) is 0 Å². The standard InChI is InChI=1S/C19H21ClN2O3S/c1-2-9-22(13-15-5-6-17(20)26-15)18(23)14-7-10-21(11-8-14)19(24)16-4-3-12-25-16/h2-6,12,14H,1,7-11,13H2. The van der Waals surface area contributed by atoms with Crippen LogP contribution in [0.15, 0.2) is 47.6 Å². The summed E-state index contributed by atoms with van der Waals surface area (Å²) in [6.45, 7) is 5.91. The lowest BCUT2D eigenvalue weighted by atomic mass is 9.95. The van der Waals surface area contributed by atoms with Gasteiger partial charge in [-0.2, -0.15) is 0 Å². The van der Waals surface area contributed by atoms with Crippen LogP contribution >= 0.6 is 22.9 Å². The van der Waals surface area contributed by atoms with E-state index in [1.807, 2.05) is 17.0 Å². The topological polar surface area (TPSA) is 53.8 Å². The molecule has 0 aliphatic carbocycles. The van der Waals surface area contributed by atoms with E-state index in [2.05, 4.69) is 6.58 Å². The Hall–Kier alpha value is -2.05. The Morgan fingerprint density at radius 2 is 2.12 bits per heavy atom. The zero-order chi connectivity index (χ0) is 18.5. The smallest absolute Gasteiger partial charge is 0.289 e. The molecule has 0 spiro atoms. The van der Waals surface area contributed by atoms with E-state index >= 15 is 0 Å².